The number of hydrogen-bond acceptors (Lipinski definition) is 9. The van der Waals surface area contributed by atoms with Crippen LogP contribution < -0.4 is 25.6 Å². The van der Waals surface area contributed by atoms with Crippen molar-refractivity contribution >= 4 is 40.4 Å². The van der Waals surface area contributed by atoms with Gasteiger partial charge in [0.1, 0.15) is 17.4 Å². The monoisotopic (exact) mass is 500 g/mol. The number of carbonyl (C=O) groups is 1. The van der Waals surface area contributed by atoms with Crippen molar-refractivity contribution in [3.63, 3.8) is 0 Å². The Morgan fingerprint density at radius 3 is 2.59 bits per heavy atom. The molecule has 0 spiro atoms. The topological polar surface area (TPSA) is 118 Å². The minimum absolute atomic E-state index is 0.252. The Hall–Kier alpha value is -4.62. The molecule has 3 rings (SSSR count). The molecule has 0 aliphatic rings. The van der Waals surface area contributed by atoms with Crippen molar-refractivity contribution in [1.82, 2.24) is 14.9 Å². The summed E-state index contributed by atoms with van der Waals surface area (Å²) in [5, 5.41) is 18.8. The predicted molar refractivity (Wildman–Crippen MR) is 148 cm³/mol. The Bertz CT molecular complexity index is 1320. The number of benzene rings is 2. The van der Waals surface area contributed by atoms with E-state index in [1.54, 1.807) is 13.2 Å². The maximum Gasteiger partial charge on any atom is 0.247 e. The van der Waals surface area contributed by atoms with E-state index in [9.17, 15) is 10.1 Å². The molecule has 0 aliphatic heterocycles. The van der Waals surface area contributed by atoms with Crippen molar-refractivity contribution in [3.05, 3.63) is 66.4 Å². The third-order valence-corrected chi connectivity index (χ3v) is 5.49. The minimum Gasteiger partial charge on any atom is -0.494 e. The van der Waals surface area contributed by atoms with Gasteiger partial charge < -0.3 is 30.5 Å². The molecule has 1 heterocycles. The average molecular weight is 501 g/mol. The molecule has 3 N–H and O–H groups in total. The lowest BCUT2D eigenvalue weighted by atomic mass is 10.2. The number of nitriles is 1. The lowest BCUT2D eigenvalue weighted by Crippen LogP contribution is -2.29. The van der Waals surface area contributed by atoms with Crippen molar-refractivity contribution in [2.45, 2.75) is 6.92 Å². The van der Waals surface area contributed by atoms with Gasteiger partial charge in [-0.05, 0) is 50.9 Å². The van der Waals surface area contributed by atoms with Gasteiger partial charge in [0.15, 0.2) is 5.82 Å². The average Bonchev–Trinajstić information content (AvgIpc) is 2.87. The van der Waals surface area contributed by atoms with Gasteiger partial charge in [-0.15, -0.1) is 0 Å². The highest BCUT2D eigenvalue weighted by Gasteiger charge is 2.17. The highest BCUT2D eigenvalue weighted by molar-refractivity contribution is 6.02. The Labute approximate surface area is 217 Å². The fourth-order valence-electron chi connectivity index (χ4n) is 3.50. The highest BCUT2D eigenvalue weighted by atomic mass is 16.5. The molecule has 2 aromatic carbocycles. The van der Waals surface area contributed by atoms with E-state index in [0.717, 1.165) is 30.0 Å². The summed E-state index contributed by atoms with van der Waals surface area (Å²) in [6, 6.07) is 13.5. The SMILES string of the molecule is C=CC(=O)Nc1cc(Nc2ncc(C#N)c(Nc3cccc(C)c3)n2)c(OC)cc1N(C)CCN(C)C. The second-order valence-corrected chi connectivity index (χ2v) is 8.68. The summed E-state index contributed by atoms with van der Waals surface area (Å²) in [7, 11) is 7.52. The largest absolute Gasteiger partial charge is 0.494 e. The van der Waals surface area contributed by atoms with E-state index < -0.39 is 0 Å². The molecule has 192 valence electrons. The van der Waals surface area contributed by atoms with E-state index in [1.165, 1.54) is 12.3 Å². The first-order valence-corrected chi connectivity index (χ1v) is 11.6. The van der Waals surface area contributed by atoms with E-state index >= 15 is 0 Å². The van der Waals surface area contributed by atoms with Crippen LogP contribution in [0.15, 0.2) is 55.3 Å². The summed E-state index contributed by atoms with van der Waals surface area (Å²) in [5.74, 6) is 0.814. The maximum absolute atomic E-state index is 12.2. The molecule has 1 amide bonds. The van der Waals surface area contributed by atoms with Gasteiger partial charge in [-0.3, -0.25) is 4.79 Å². The molecule has 10 heteroatoms. The maximum atomic E-state index is 12.2. The predicted octanol–water partition coefficient (Wildman–Crippen LogP) is 4.27. The smallest absolute Gasteiger partial charge is 0.247 e. The van der Waals surface area contributed by atoms with Crippen molar-refractivity contribution < 1.29 is 9.53 Å². The van der Waals surface area contributed by atoms with Crippen LogP contribution in [-0.4, -0.2) is 62.1 Å². The quantitative estimate of drug-likeness (QED) is 0.332. The van der Waals surface area contributed by atoms with Crippen LogP contribution in [-0.2, 0) is 4.79 Å². The van der Waals surface area contributed by atoms with Gasteiger partial charge in [-0.2, -0.15) is 10.2 Å². The van der Waals surface area contributed by atoms with Crippen LogP contribution in [0.3, 0.4) is 0 Å². The first-order valence-electron chi connectivity index (χ1n) is 11.6. The number of likely N-dealkylation sites (N-methyl/N-ethyl adjacent to an activating group) is 2. The molecule has 0 saturated carbocycles. The molecule has 0 atom stereocenters. The summed E-state index contributed by atoms with van der Waals surface area (Å²) in [6.45, 7) is 7.09. The fraction of sp³-hybridized carbons (Fsp3) is 0.259. The molecule has 0 fully saturated rings. The van der Waals surface area contributed by atoms with Crippen LogP contribution in [0.2, 0.25) is 0 Å². The van der Waals surface area contributed by atoms with Crippen molar-refractivity contribution in [2.24, 2.45) is 0 Å². The van der Waals surface area contributed by atoms with E-state index in [0.29, 0.717) is 28.5 Å². The zero-order chi connectivity index (χ0) is 26.9. The van der Waals surface area contributed by atoms with Crippen LogP contribution in [0, 0.1) is 18.3 Å². The molecule has 0 radical (unpaired) electrons. The summed E-state index contributed by atoms with van der Waals surface area (Å²) in [6.07, 6.45) is 2.66. The minimum atomic E-state index is -0.336. The van der Waals surface area contributed by atoms with Crippen LogP contribution in [0.4, 0.5) is 34.5 Å². The van der Waals surface area contributed by atoms with Crippen molar-refractivity contribution in [1.29, 1.82) is 5.26 Å². The third-order valence-electron chi connectivity index (χ3n) is 5.49. The van der Waals surface area contributed by atoms with E-state index in [-0.39, 0.29) is 11.9 Å². The number of aromatic nitrogens is 2. The fourth-order valence-corrected chi connectivity index (χ4v) is 3.50. The van der Waals surface area contributed by atoms with E-state index in [4.69, 9.17) is 4.74 Å². The number of amides is 1. The molecule has 10 nitrogen and oxygen atoms in total. The molecule has 1 aromatic heterocycles. The molecule has 0 bridgehead atoms. The molecule has 3 aromatic rings. The number of hydrogen-bond donors (Lipinski definition) is 3. The lowest BCUT2D eigenvalue weighted by Gasteiger charge is -2.26. The normalized spacial score (nSPS) is 10.4. The second kappa shape index (κ2) is 12.4. The summed E-state index contributed by atoms with van der Waals surface area (Å²) >= 11 is 0. The molecule has 0 aliphatic carbocycles. The van der Waals surface area contributed by atoms with Gasteiger partial charge in [-0.25, -0.2) is 4.98 Å². The van der Waals surface area contributed by atoms with Gasteiger partial charge in [0, 0.05) is 31.9 Å². The Morgan fingerprint density at radius 1 is 1.16 bits per heavy atom. The van der Waals surface area contributed by atoms with Crippen LogP contribution in [0.5, 0.6) is 5.75 Å². The first-order chi connectivity index (χ1) is 17.7. The molecular formula is C27H32N8O2. The van der Waals surface area contributed by atoms with Crippen LogP contribution in [0.1, 0.15) is 11.1 Å². The zero-order valence-corrected chi connectivity index (χ0v) is 21.8. The summed E-state index contributed by atoms with van der Waals surface area (Å²) < 4.78 is 5.65. The Balaban J connectivity index is 1.98. The van der Waals surface area contributed by atoms with Gasteiger partial charge in [-0.1, -0.05) is 18.7 Å². The van der Waals surface area contributed by atoms with Crippen LogP contribution in [0.25, 0.3) is 0 Å². The van der Waals surface area contributed by atoms with Gasteiger partial charge in [0.05, 0.1) is 30.4 Å². The van der Waals surface area contributed by atoms with Crippen molar-refractivity contribution in [2.75, 3.05) is 62.2 Å². The number of rotatable bonds is 11. The van der Waals surface area contributed by atoms with Crippen LogP contribution >= 0.6 is 0 Å². The summed E-state index contributed by atoms with van der Waals surface area (Å²) in [5.41, 5.74) is 4.07. The lowest BCUT2D eigenvalue weighted by molar-refractivity contribution is -0.111. The van der Waals surface area contributed by atoms with Gasteiger partial charge in [0.2, 0.25) is 11.9 Å². The molecular weight excluding hydrogens is 468 g/mol. The molecule has 0 saturated heterocycles. The standard InChI is InChI=1S/C27H32N8O2/c1-7-25(36)31-21-14-22(24(37-6)15-23(21)35(5)12-11-34(3)4)32-27-29-17-19(16-28)26(33-27)30-20-10-8-9-18(2)13-20/h7-10,13-15,17H,1,11-12H2,2-6H3,(H,31,36)(H2,29,30,32,33). The molecule has 37 heavy (non-hydrogen) atoms. The first kappa shape index (κ1) is 27.0. The highest BCUT2D eigenvalue weighted by Crippen LogP contribution is 2.38. The number of methoxy groups -OCH3 is 1. The zero-order valence-electron chi connectivity index (χ0n) is 21.8. The van der Waals surface area contributed by atoms with Gasteiger partial charge in [0.25, 0.3) is 0 Å². The second-order valence-electron chi connectivity index (χ2n) is 8.68. The van der Waals surface area contributed by atoms with Crippen molar-refractivity contribution in [3.8, 4) is 11.8 Å². The number of nitrogens with zero attached hydrogens (tertiary/aromatic N) is 5. The van der Waals surface area contributed by atoms with E-state index in [2.05, 4.69) is 43.5 Å². The Kier molecular flexibility index (Phi) is 9.02. The number of ether oxygens (including phenoxy) is 1. The Morgan fingerprint density at radius 2 is 1.95 bits per heavy atom. The molecule has 0 unspecified atom stereocenters. The number of aryl methyl sites for hydroxylation is 1. The number of anilines is 6. The number of nitrogens with one attached hydrogen (secondary N) is 3. The summed E-state index contributed by atoms with van der Waals surface area (Å²) in [4.78, 5) is 25.1. The van der Waals surface area contributed by atoms with E-state index in [1.807, 2.05) is 63.3 Å². The van der Waals surface area contributed by atoms with Gasteiger partial charge >= 0.3 is 0 Å². The number of carbonyl (C=O) groups excluding carboxylic acids is 1. The third kappa shape index (κ3) is 7.19.